The zero-order valence-electron chi connectivity index (χ0n) is 20.0. The minimum Gasteiger partial charge on any atom is -0.507 e. The van der Waals surface area contributed by atoms with Crippen LogP contribution >= 0.6 is 0 Å². The summed E-state index contributed by atoms with van der Waals surface area (Å²) in [4.78, 5) is 54.5. The summed E-state index contributed by atoms with van der Waals surface area (Å²) in [6.07, 6.45) is 6.84. The van der Waals surface area contributed by atoms with Gasteiger partial charge in [0.15, 0.2) is 11.6 Å². The van der Waals surface area contributed by atoms with Gasteiger partial charge in [-0.15, -0.1) is 6.58 Å². The number of carbonyl (C=O) groups is 4. The lowest BCUT2D eigenvalue weighted by Crippen LogP contribution is -2.40. The van der Waals surface area contributed by atoms with E-state index >= 15 is 0 Å². The second kappa shape index (κ2) is 8.59. The van der Waals surface area contributed by atoms with Gasteiger partial charge in [-0.2, -0.15) is 0 Å². The third kappa shape index (κ3) is 3.38. The molecular formula is C29H29NO5. The zero-order valence-corrected chi connectivity index (χ0v) is 20.0. The van der Waals surface area contributed by atoms with Crippen LogP contribution in [0.3, 0.4) is 0 Å². The molecule has 1 aromatic carbocycles. The van der Waals surface area contributed by atoms with Crippen molar-refractivity contribution in [1.29, 1.82) is 0 Å². The maximum atomic E-state index is 13.4. The highest BCUT2D eigenvalue weighted by molar-refractivity contribution is 6.24. The Morgan fingerprint density at radius 2 is 1.91 bits per heavy atom. The van der Waals surface area contributed by atoms with Crippen molar-refractivity contribution in [3.8, 4) is 5.75 Å². The van der Waals surface area contributed by atoms with Crippen molar-refractivity contribution in [1.82, 2.24) is 4.90 Å². The van der Waals surface area contributed by atoms with Gasteiger partial charge in [0, 0.05) is 34.7 Å². The van der Waals surface area contributed by atoms with Crippen molar-refractivity contribution in [2.75, 3.05) is 6.54 Å². The fraction of sp³-hybridized carbons (Fsp3) is 0.379. The number of allylic oxidation sites excluding steroid dienone is 7. The van der Waals surface area contributed by atoms with Crippen molar-refractivity contribution in [2.45, 2.75) is 45.4 Å². The fourth-order valence-corrected chi connectivity index (χ4v) is 6.39. The summed E-state index contributed by atoms with van der Waals surface area (Å²) in [6, 6.07) is 5.42. The number of nitrogens with zero attached hydrogens (tertiary/aromatic N) is 1. The first-order valence-corrected chi connectivity index (χ1v) is 12.3. The van der Waals surface area contributed by atoms with E-state index in [9.17, 15) is 24.3 Å². The molecule has 0 spiro atoms. The first-order chi connectivity index (χ1) is 16.8. The van der Waals surface area contributed by atoms with Crippen molar-refractivity contribution < 1.29 is 24.3 Å². The monoisotopic (exact) mass is 471 g/mol. The SMILES string of the molecule is C=CCc1cccc([C@H]2C3=CC[C@@H]4C(=O)N(CCC)C(=O)[C@@H]4[C@@H]3CC3=C2C(=O)C(C)=CC3=O)c1O. The Morgan fingerprint density at radius 1 is 1.14 bits per heavy atom. The van der Waals surface area contributed by atoms with E-state index in [2.05, 4.69) is 6.58 Å². The number of rotatable bonds is 5. The fourth-order valence-electron chi connectivity index (χ4n) is 6.39. The number of benzene rings is 1. The van der Waals surface area contributed by atoms with Crippen LogP contribution in [0.25, 0.3) is 0 Å². The molecule has 1 heterocycles. The smallest absolute Gasteiger partial charge is 0.233 e. The zero-order chi connectivity index (χ0) is 25.0. The molecule has 1 saturated heterocycles. The van der Waals surface area contributed by atoms with Crippen molar-refractivity contribution in [2.24, 2.45) is 17.8 Å². The number of hydrogen-bond donors (Lipinski definition) is 1. The average molecular weight is 472 g/mol. The molecule has 4 aliphatic rings. The van der Waals surface area contributed by atoms with Crippen LogP contribution in [0, 0.1) is 17.8 Å². The molecule has 0 radical (unpaired) electrons. The van der Waals surface area contributed by atoms with Crippen LogP contribution in [0.2, 0.25) is 0 Å². The molecule has 35 heavy (non-hydrogen) atoms. The average Bonchev–Trinajstić information content (AvgIpc) is 3.08. The van der Waals surface area contributed by atoms with Gasteiger partial charge in [-0.3, -0.25) is 24.1 Å². The molecule has 6 heteroatoms. The molecule has 180 valence electrons. The topological polar surface area (TPSA) is 91.8 Å². The number of fused-ring (bicyclic) bond motifs is 3. The molecule has 0 unspecified atom stereocenters. The lowest BCUT2D eigenvalue weighted by molar-refractivity contribution is -0.140. The van der Waals surface area contributed by atoms with Crippen molar-refractivity contribution in [3.63, 3.8) is 0 Å². The van der Waals surface area contributed by atoms with E-state index in [-0.39, 0.29) is 41.5 Å². The number of imide groups is 1. The number of hydrogen-bond acceptors (Lipinski definition) is 5. The van der Waals surface area contributed by atoms with E-state index in [0.717, 1.165) is 5.57 Å². The van der Waals surface area contributed by atoms with E-state index in [1.54, 1.807) is 19.1 Å². The van der Waals surface area contributed by atoms with Crippen LogP contribution in [0.5, 0.6) is 5.75 Å². The highest BCUT2D eigenvalue weighted by atomic mass is 16.3. The summed E-state index contributed by atoms with van der Waals surface area (Å²) in [6.45, 7) is 7.71. The van der Waals surface area contributed by atoms with E-state index < -0.39 is 17.8 Å². The molecule has 5 rings (SSSR count). The minimum absolute atomic E-state index is 0.0711. The van der Waals surface area contributed by atoms with Gasteiger partial charge in [-0.05, 0) is 50.2 Å². The number of carbonyl (C=O) groups excluding carboxylic acids is 4. The number of aromatic hydroxyl groups is 1. The largest absolute Gasteiger partial charge is 0.507 e. The van der Waals surface area contributed by atoms with Gasteiger partial charge in [0.25, 0.3) is 0 Å². The Hall–Kier alpha value is -3.54. The van der Waals surface area contributed by atoms with Gasteiger partial charge in [-0.1, -0.05) is 42.8 Å². The summed E-state index contributed by atoms with van der Waals surface area (Å²) in [5.41, 5.74) is 3.24. The van der Waals surface area contributed by atoms with Crippen molar-refractivity contribution in [3.05, 3.63) is 76.4 Å². The van der Waals surface area contributed by atoms with E-state index in [0.29, 0.717) is 53.7 Å². The van der Waals surface area contributed by atoms with E-state index in [1.165, 1.54) is 11.0 Å². The summed E-state index contributed by atoms with van der Waals surface area (Å²) in [5, 5.41) is 11.2. The predicted octanol–water partition coefficient (Wildman–Crippen LogP) is 3.96. The number of para-hydroxylation sites is 1. The molecule has 0 saturated carbocycles. The molecule has 6 nitrogen and oxygen atoms in total. The molecule has 0 aromatic heterocycles. The molecule has 1 aromatic rings. The Balaban J connectivity index is 1.70. The van der Waals surface area contributed by atoms with Gasteiger partial charge >= 0.3 is 0 Å². The Bertz CT molecular complexity index is 1280. The Labute approximate surface area is 204 Å². The standard InChI is InChI=1S/C29H29NO5/c1-4-7-16-8-6-9-18(27(16)33)23-17-10-11-19-24(29(35)30(12-5-2)28(19)34)20(17)14-21-22(31)13-15(3)26(32)25(21)23/h4,6,8-10,13,19-20,23-24,33H,1,5,7,11-12,14H2,2-3H3/t19-,20+,23+,24-/m0/s1. The highest BCUT2D eigenvalue weighted by Gasteiger charge is 2.56. The first kappa shape index (κ1) is 23.2. The second-order valence-electron chi connectivity index (χ2n) is 9.90. The minimum atomic E-state index is -0.641. The number of phenols is 1. The molecule has 1 aliphatic heterocycles. The van der Waals surface area contributed by atoms with Crippen LogP contribution in [0.4, 0.5) is 0 Å². The molecule has 0 bridgehead atoms. The van der Waals surface area contributed by atoms with Gasteiger partial charge in [-0.25, -0.2) is 0 Å². The van der Waals surface area contributed by atoms with Crippen molar-refractivity contribution >= 4 is 23.4 Å². The molecule has 2 amide bonds. The van der Waals surface area contributed by atoms with Crippen LogP contribution in [0.1, 0.15) is 50.2 Å². The first-order valence-electron chi connectivity index (χ1n) is 12.3. The lowest BCUT2D eigenvalue weighted by Gasteiger charge is -2.42. The molecular weight excluding hydrogens is 442 g/mol. The maximum Gasteiger partial charge on any atom is 0.233 e. The van der Waals surface area contributed by atoms with Crippen LogP contribution in [0.15, 0.2) is 65.3 Å². The lowest BCUT2D eigenvalue weighted by atomic mass is 9.59. The summed E-state index contributed by atoms with van der Waals surface area (Å²) >= 11 is 0. The Morgan fingerprint density at radius 3 is 2.63 bits per heavy atom. The summed E-state index contributed by atoms with van der Waals surface area (Å²) in [7, 11) is 0. The highest BCUT2D eigenvalue weighted by Crippen LogP contribution is 2.56. The number of amides is 2. The maximum absolute atomic E-state index is 13.4. The van der Waals surface area contributed by atoms with Crippen LogP contribution in [-0.2, 0) is 25.6 Å². The predicted molar refractivity (Wildman–Crippen MR) is 130 cm³/mol. The molecule has 1 fully saturated rings. The third-order valence-corrected chi connectivity index (χ3v) is 7.93. The number of ketones is 2. The van der Waals surface area contributed by atoms with Gasteiger partial charge in [0.2, 0.25) is 11.8 Å². The molecule has 1 N–H and O–H groups in total. The molecule has 3 aliphatic carbocycles. The number of Topliss-reactive ketones (excluding diaryl/α,β-unsaturated/α-hetero) is 1. The summed E-state index contributed by atoms with van der Waals surface area (Å²) < 4.78 is 0. The quantitative estimate of drug-likeness (QED) is 0.399. The number of phenolic OH excluding ortho intramolecular Hbond substituents is 1. The normalized spacial score (nSPS) is 27.9. The summed E-state index contributed by atoms with van der Waals surface area (Å²) in [5.74, 6) is -2.72. The van der Waals surface area contributed by atoms with Gasteiger partial charge in [0.1, 0.15) is 5.75 Å². The van der Waals surface area contributed by atoms with E-state index in [1.807, 2.05) is 25.1 Å². The van der Waals surface area contributed by atoms with Crippen LogP contribution < -0.4 is 0 Å². The second-order valence-corrected chi connectivity index (χ2v) is 9.90. The van der Waals surface area contributed by atoms with Crippen LogP contribution in [-0.4, -0.2) is 39.9 Å². The molecule has 4 atom stereocenters. The van der Waals surface area contributed by atoms with Gasteiger partial charge in [0.05, 0.1) is 11.8 Å². The van der Waals surface area contributed by atoms with E-state index in [4.69, 9.17) is 0 Å². The number of likely N-dealkylation sites (tertiary alicyclic amines) is 1. The third-order valence-electron chi connectivity index (χ3n) is 7.93. The van der Waals surface area contributed by atoms with Gasteiger partial charge < -0.3 is 5.11 Å². The Kier molecular flexibility index (Phi) is 5.70.